The number of nitrogens with zero attached hydrogens (tertiary/aromatic N) is 4. The summed E-state index contributed by atoms with van der Waals surface area (Å²) in [6.07, 6.45) is 6.30. The minimum Gasteiger partial charge on any atom is -0.492 e. The molecule has 0 bridgehead atoms. The van der Waals surface area contributed by atoms with Crippen LogP contribution in [0.1, 0.15) is 32.1 Å². The molecule has 0 atom stereocenters. The lowest BCUT2D eigenvalue weighted by Gasteiger charge is -2.19. The van der Waals surface area contributed by atoms with E-state index < -0.39 is 11.6 Å². The first kappa shape index (κ1) is 19.9. The highest BCUT2D eigenvalue weighted by Crippen LogP contribution is 2.35. The van der Waals surface area contributed by atoms with Crippen molar-refractivity contribution >= 4 is 23.5 Å². The van der Waals surface area contributed by atoms with Crippen LogP contribution in [0.3, 0.4) is 0 Å². The minimum atomic E-state index is -0.745. The van der Waals surface area contributed by atoms with Gasteiger partial charge >= 0.3 is 6.03 Å². The molecule has 1 aromatic carbocycles. The number of benzene rings is 1. The third kappa shape index (κ3) is 4.27. The van der Waals surface area contributed by atoms with Crippen LogP contribution in [0.15, 0.2) is 36.9 Å². The van der Waals surface area contributed by atoms with Crippen LogP contribution in [0.25, 0.3) is 0 Å². The molecule has 10 nitrogen and oxygen atoms in total. The lowest BCUT2D eigenvalue weighted by molar-refractivity contribution is -0.131. The Kier molecular flexibility index (Phi) is 5.64. The molecule has 158 valence electrons. The molecule has 2 N–H and O–H groups in total. The van der Waals surface area contributed by atoms with Crippen LogP contribution >= 0.6 is 0 Å². The van der Waals surface area contributed by atoms with Crippen molar-refractivity contribution < 1.29 is 19.1 Å². The predicted octanol–water partition coefficient (Wildman–Crippen LogP) is 1.55. The number of aromatic nitrogens is 3. The highest BCUT2D eigenvalue weighted by atomic mass is 16.5. The maximum atomic E-state index is 12.6. The van der Waals surface area contributed by atoms with E-state index in [2.05, 4.69) is 20.7 Å². The highest BCUT2D eigenvalue weighted by Gasteiger charge is 2.52. The first-order valence-corrected chi connectivity index (χ1v) is 10.0. The van der Waals surface area contributed by atoms with Gasteiger partial charge in [-0.25, -0.2) is 14.5 Å². The average Bonchev–Trinajstić information content (AvgIpc) is 3.45. The summed E-state index contributed by atoms with van der Waals surface area (Å²) in [6.45, 7) is 1.03. The first-order chi connectivity index (χ1) is 14.6. The molecular formula is C20H24N6O4. The smallest absolute Gasteiger partial charge is 0.325 e. The Morgan fingerprint density at radius 1 is 1.23 bits per heavy atom. The van der Waals surface area contributed by atoms with Crippen molar-refractivity contribution in [3.63, 3.8) is 0 Å². The van der Waals surface area contributed by atoms with Crippen LogP contribution in [0, 0.1) is 0 Å². The second-order valence-electron chi connectivity index (χ2n) is 7.51. The number of urea groups is 1. The molecule has 2 aliphatic rings. The molecule has 4 amide bonds. The number of nitrogens with one attached hydrogen (secondary N) is 2. The molecule has 2 heterocycles. The summed E-state index contributed by atoms with van der Waals surface area (Å²) in [4.78, 5) is 42.2. The summed E-state index contributed by atoms with van der Waals surface area (Å²) in [5.74, 6) is 0.133. The van der Waals surface area contributed by atoms with Gasteiger partial charge in [-0.15, -0.1) is 0 Å². The van der Waals surface area contributed by atoms with Crippen molar-refractivity contribution in [2.24, 2.45) is 0 Å². The number of hydrogen-bond donors (Lipinski definition) is 2. The van der Waals surface area contributed by atoms with E-state index in [1.807, 2.05) is 0 Å². The molecule has 2 aromatic rings. The Bertz CT molecular complexity index is 923. The number of ether oxygens (including phenoxy) is 1. The van der Waals surface area contributed by atoms with Crippen molar-refractivity contribution in [3.05, 3.63) is 36.9 Å². The van der Waals surface area contributed by atoms with Gasteiger partial charge in [0.25, 0.3) is 5.91 Å². The van der Waals surface area contributed by atoms with E-state index in [4.69, 9.17) is 4.74 Å². The molecule has 30 heavy (non-hydrogen) atoms. The molecule has 2 fully saturated rings. The SMILES string of the molecule is O=C(CCN1C(=O)NC2(CCCC2)C1=O)Nc1cccc(OCCn2cncn2)c1. The maximum Gasteiger partial charge on any atom is 0.325 e. The van der Waals surface area contributed by atoms with E-state index >= 15 is 0 Å². The third-order valence-electron chi connectivity index (χ3n) is 5.44. The van der Waals surface area contributed by atoms with Crippen LogP contribution in [0.4, 0.5) is 10.5 Å². The van der Waals surface area contributed by atoms with Crippen molar-refractivity contribution in [3.8, 4) is 5.75 Å². The molecule has 1 saturated heterocycles. The Hall–Kier alpha value is -3.43. The molecule has 1 aliphatic heterocycles. The Balaban J connectivity index is 1.26. The van der Waals surface area contributed by atoms with Gasteiger partial charge in [0, 0.05) is 24.7 Å². The Morgan fingerprint density at radius 3 is 2.83 bits per heavy atom. The number of imide groups is 1. The van der Waals surface area contributed by atoms with Gasteiger partial charge in [0.1, 0.15) is 30.5 Å². The van der Waals surface area contributed by atoms with Gasteiger partial charge in [-0.3, -0.25) is 14.5 Å². The second-order valence-corrected chi connectivity index (χ2v) is 7.51. The van der Waals surface area contributed by atoms with Crippen molar-refractivity contribution in [2.75, 3.05) is 18.5 Å². The molecule has 1 saturated carbocycles. The standard InChI is InChI=1S/C20H24N6O4/c27-17(6-9-26-18(28)20(24-19(26)29)7-1-2-8-20)23-15-4-3-5-16(12-15)30-11-10-25-14-21-13-22-25/h3-5,12-14H,1-2,6-11H2,(H,23,27)(H,24,29). The molecule has 4 rings (SSSR count). The van der Waals surface area contributed by atoms with Crippen molar-refractivity contribution in [1.29, 1.82) is 0 Å². The molecule has 1 aromatic heterocycles. The molecule has 0 unspecified atom stereocenters. The Morgan fingerprint density at radius 2 is 2.07 bits per heavy atom. The zero-order valence-corrected chi connectivity index (χ0v) is 16.5. The fraction of sp³-hybridized carbons (Fsp3) is 0.450. The quantitative estimate of drug-likeness (QED) is 0.635. The number of anilines is 1. The van der Waals surface area contributed by atoms with Gasteiger partial charge in [0.2, 0.25) is 5.91 Å². The average molecular weight is 412 g/mol. The lowest BCUT2D eigenvalue weighted by atomic mass is 9.98. The van der Waals surface area contributed by atoms with Crippen LogP contribution in [0.5, 0.6) is 5.75 Å². The number of rotatable bonds is 8. The number of amides is 4. The zero-order chi connectivity index (χ0) is 21.0. The number of carbonyl (C=O) groups is 3. The van der Waals surface area contributed by atoms with Crippen molar-refractivity contribution in [2.45, 2.75) is 44.2 Å². The van der Waals surface area contributed by atoms with E-state index in [-0.39, 0.29) is 24.8 Å². The van der Waals surface area contributed by atoms with Gasteiger partial charge < -0.3 is 15.4 Å². The van der Waals surface area contributed by atoms with E-state index in [9.17, 15) is 14.4 Å². The second kappa shape index (κ2) is 8.52. The summed E-state index contributed by atoms with van der Waals surface area (Å²) in [6, 6.07) is 6.65. The maximum absolute atomic E-state index is 12.6. The molecule has 1 aliphatic carbocycles. The lowest BCUT2D eigenvalue weighted by Crippen LogP contribution is -2.44. The van der Waals surface area contributed by atoms with Crippen LogP contribution in [-0.2, 0) is 16.1 Å². The fourth-order valence-electron chi connectivity index (χ4n) is 3.90. The topological polar surface area (TPSA) is 118 Å². The van der Waals surface area contributed by atoms with Gasteiger partial charge in [-0.2, -0.15) is 5.10 Å². The molecule has 10 heteroatoms. The van der Waals surface area contributed by atoms with Gasteiger partial charge in [0.05, 0.1) is 6.54 Å². The van der Waals surface area contributed by atoms with Crippen LogP contribution in [0.2, 0.25) is 0 Å². The summed E-state index contributed by atoms with van der Waals surface area (Å²) in [7, 11) is 0. The summed E-state index contributed by atoms with van der Waals surface area (Å²) < 4.78 is 7.34. The van der Waals surface area contributed by atoms with E-state index in [1.165, 1.54) is 6.33 Å². The fourth-order valence-corrected chi connectivity index (χ4v) is 3.90. The largest absolute Gasteiger partial charge is 0.492 e. The molecule has 0 radical (unpaired) electrons. The summed E-state index contributed by atoms with van der Waals surface area (Å²) in [5, 5.41) is 9.61. The summed E-state index contributed by atoms with van der Waals surface area (Å²) >= 11 is 0. The van der Waals surface area contributed by atoms with Gasteiger partial charge in [-0.05, 0) is 25.0 Å². The van der Waals surface area contributed by atoms with Gasteiger partial charge in [-0.1, -0.05) is 18.9 Å². The van der Waals surface area contributed by atoms with Crippen molar-refractivity contribution in [1.82, 2.24) is 25.0 Å². The molecular weight excluding hydrogens is 388 g/mol. The first-order valence-electron chi connectivity index (χ1n) is 10.0. The van der Waals surface area contributed by atoms with Crippen LogP contribution in [-0.4, -0.2) is 56.2 Å². The zero-order valence-electron chi connectivity index (χ0n) is 16.5. The highest BCUT2D eigenvalue weighted by molar-refractivity contribution is 6.07. The predicted molar refractivity (Wildman–Crippen MR) is 107 cm³/mol. The monoisotopic (exact) mass is 412 g/mol. The number of carbonyl (C=O) groups excluding carboxylic acids is 3. The minimum absolute atomic E-state index is 0.0343. The normalized spacial score (nSPS) is 17.4. The van der Waals surface area contributed by atoms with Gasteiger partial charge in [0.15, 0.2) is 0 Å². The number of hydrogen-bond acceptors (Lipinski definition) is 6. The summed E-state index contributed by atoms with van der Waals surface area (Å²) in [5.41, 5.74) is -0.159. The molecule has 1 spiro atoms. The third-order valence-corrected chi connectivity index (χ3v) is 5.44. The van der Waals surface area contributed by atoms with Crippen LogP contribution < -0.4 is 15.4 Å². The Labute approximate surface area is 173 Å². The van der Waals surface area contributed by atoms with E-state index in [0.717, 1.165) is 17.7 Å². The van der Waals surface area contributed by atoms with E-state index in [0.29, 0.717) is 37.4 Å². The van der Waals surface area contributed by atoms with E-state index in [1.54, 1.807) is 35.3 Å².